The molecule has 3 rings (SSSR count). The molecular formula is C17H16N2O5. The lowest BCUT2D eigenvalue weighted by Gasteiger charge is -2.13. The van der Waals surface area contributed by atoms with Gasteiger partial charge in [-0.1, -0.05) is 0 Å². The molecule has 24 heavy (non-hydrogen) atoms. The molecule has 7 nitrogen and oxygen atoms in total. The van der Waals surface area contributed by atoms with Crippen LogP contribution in [0.2, 0.25) is 0 Å². The van der Waals surface area contributed by atoms with Gasteiger partial charge in [0, 0.05) is 11.8 Å². The lowest BCUT2D eigenvalue weighted by Crippen LogP contribution is -2.34. The molecule has 1 aromatic carbocycles. The zero-order valence-corrected chi connectivity index (χ0v) is 12.8. The molecule has 2 heterocycles. The predicted octanol–water partition coefficient (Wildman–Crippen LogP) is 1.52. The summed E-state index contributed by atoms with van der Waals surface area (Å²) in [5, 5.41) is 11.8. The molecule has 0 saturated heterocycles. The molecule has 7 heteroatoms. The number of aliphatic hydroxyl groups excluding tert-OH is 1. The number of carbonyl (C=O) groups excluding carboxylic acids is 2. The summed E-state index contributed by atoms with van der Waals surface area (Å²) in [5.41, 5.74) is 0.830. The van der Waals surface area contributed by atoms with E-state index in [1.807, 2.05) is 6.07 Å². The Labute approximate surface area is 138 Å². The number of imide groups is 1. The molecule has 0 radical (unpaired) electrons. The molecule has 1 aliphatic heterocycles. The first kappa shape index (κ1) is 15.8. The van der Waals surface area contributed by atoms with Crippen molar-refractivity contribution in [1.29, 1.82) is 0 Å². The van der Waals surface area contributed by atoms with Crippen LogP contribution in [0.4, 0.5) is 5.69 Å². The van der Waals surface area contributed by atoms with Crippen molar-refractivity contribution in [3.8, 4) is 5.75 Å². The van der Waals surface area contributed by atoms with Gasteiger partial charge in [0.15, 0.2) is 0 Å². The van der Waals surface area contributed by atoms with Crippen LogP contribution in [0, 0.1) is 0 Å². The molecule has 2 N–H and O–H groups in total. The van der Waals surface area contributed by atoms with Crippen molar-refractivity contribution in [3.63, 3.8) is 0 Å². The van der Waals surface area contributed by atoms with Gasteiger partial charge in [-0.2, -0.15) is 0 Å². The second kappa shape index (κ2) is 7.01. The van der Waals surface area contributed by atoms with E-state index in [2.05, 4.69) is 5.32 Å². The van der Waals surface area contributed by atoms with Gasteiger partial charge in [-0.05, 0) is 36.4 Å². The minimum Gasteiger partial charge on any atom is -0.486 e. The van der Waals surface area contributed by atoms with Crippen molar-refractivity contribution in [1.82, 2.24) is 4.90 Å². The maximum absolute atomic E-state index is 12.0. The maximum atomic E-state index is 12.0. The number of furan rings is 1. The minimum atomic E-state index is -0.452. The van der Waals surface area contributed by atoms with Gasteiger partial charge in [0.25, 0.3) is 11.8 Å². The summed E-state index contributed by atoms with van der Waals surface area (Å²) in [4.78, 5) is 24.7. The number of nitrogens with zero attached hydrogens (tertiary/aromatic N) is 1. The van der Waals surface area contributed by atoms with Gasteiger partial charge in [0.05, 0.1) is 19.4 Å². The fourth-order valence-electron chi connectivity index (χ4n) is 2.25. The number of benzene rings is 1. The van der Waals surface area contributed by atoms with Crippen molar-refractivity contribution < 1.29 is 23.8 Å². The third-order valence-corrected chi connectivity index (χ3v) is 3.43. The summed E-state index contributed by atoms with van der Waals surface area (Å²) < 4.78 is 10.8. The van der Waals surface area contributed by atoms with Crippen molar-refractivity contribution in [3.05, 3.63) is 60.2 Å². The number of hydrogen-bond acceptors (Lipinski definition) is 6. The molecule has 1 aromatic heterocycles. The molecule has 124 valence electrons. The van der Waals surface area contributed by atoms with Gasteiger partial charge < -0.3 is 19.6 Å². The van der Waals surface area contributed by atoms with E-state index in [1.54, 1.807) is 36.6 Å². The third-order valence-electron chi connectivity index (χ3n) is 3.43. The predicted molar refractivity (Wildman–Crippen MR) is 85.0 cm³/mol. The average Bonchev–Trinajstić information content (AvgIpc) is 3.19. The molecule has 0 spiro atoms. The highest BCUT2D eigenvalue weighted by Gasteiger charge is 2.30. The van der Waals surface area contributed by atoms with E-state index in [-0.39, 0.29) is 18.8 Å². The summed E-state index contributed by atoms with van der Waals surface area (Å²) in [6.45, 7) is 0.0489. The lowest BCUT2D eigenvalue weighted by molar-refractivity contribution is -0.137. The molecule has 0 unspecified atom stereocenters. The Morgan fingerprint density at radius 2 is 1.96 bits per heavy atom. The normalized spacial score (nSPS) is 14.0. The average molecular weight is 328 g/mol. The molecule has 2 amide bonds. The van der Waals surface area contributed by atoms with Crippen LogP contribution in [0.3, 0.4) is 0 Å². The van der Waals surface area contributed by atoms with Crippen molar-refractivity contribution >= 4 is 17.5 Å². The second-order valence-electron chi connectivity index (χ2n) is 5.09. The Morgan fingerprint density at radius 1 is 1.17 bits per heavy atom. The van der Waals surface area contributed by atoms with Gasteiger partial charge >= 0.3 is 0 Å². The van der Waals surface area contributed by atoms with Gasteiger partial charge in [-0.15, -0.1) is 0 Å². The van der Waals surface area contributed by atoms with Gasteiger partial charge in [0.2, 0.25) is 0 Å². The van der Waals surface area contributed by atoms with E-state index < -0.39 is 11.8 Å². The Kier molecular flexibility index (Phi) is 4.62. The first-order chi connectivity index (χ1) is 11.7. The summed E-state index contributed by atoms with van der Waals surface area (Å²) >= 11 is 0. The number of β-amino-alcohol motifs (C(OH)–C–C–N with tert-alkyl or cyclic N) is 1. The number of ether oxygens (including phenoxy) is 1. The van der Waals surface area contributed by atoms with Crippen LogP contribution in [0.25, 0.3) is 0 Å². The van der Waals surface area contributed by atoms with Crippen molar-refractivity contribution in [2.45, 2.75) is 6.61 Å². The summed E-state index contributed by atoms with van der Waals surface area (Å²) in [6, 6.07) is 10.6. The molecule has 0 saturated carbocycles. The number of rotatable bonds is 7. The Hall–Kier alpha value is -3.06. The lowest BCUT2D eigenvalue weighted by atomic mass is 10.3. The topological polar surface area (TPSA) is 92.0 Å². The molecule has 1 aliphatic rings. The maximum Gasteiger partial charge on any atom is 0.277 e. The largest absolute Gasteiger partial charge is 0.486 e. The molecule has 0 fully saturated rings. The zero-order valence-electron chi connectivity index (χ0n) is 12.8. The highest BCUT2D eigenvalue weighted by atomic mass is 16.5. The quantitative estimate of drug-likeness (QED) is 0.749. The van der Waals surface area contributed by atoms with E-state index in [0.29, 0.717) is 18.0 Å². The summed E-state index contributed by atoms with van der Waals surface area (Å²) in [7, 11) is 0. The van der Waals surface area contributed by atoms with Gasteiger partial charge in [-0.25, -0.2) is 0 Å². The molecule has 2 aromatic rings. The molecule has 0 bridgehead atoms. The number of anilines is 1. The van der Waals surface area contributed by atoms with E-state index in [0.717, 1.165) is 10.7 Å². The van der Waals surface area contributed by atoms with E-state index >= 15 is 0 Å². The van der Waals surface area contributed by atoms with Gasteiger partial charge in [-0.3, -0.25) is 14.5 Å². The number of hydrogen-bond donors (Lipinski definition) is 2. The Morgan fingerprint density at radius 3 is 2.62 bits per heavy atom. The standard InChI is InChI=1S/C17H16N2O5/c20-8-7-19-16(21)10-15(17(19)22)18-12-3-5-13(6-4-12)24-11-14-2-1-9-23-14/h1-6,9-10,18,20H,7-8,11H2. The summed E-state index contributed by atoms with van der Waals surface area (Å²) in [6.07, 6.45) is 2.80. The smallest absolute Gasteiger partial charge is 0.277 e. The molecular weight excluding hydrogens is 312 g/mol. The minimum absolute atomic E-state index is 0.0150. The fraction of sp³-hybridized carbons (Fsp3) is 0.176. The highest BCUT2D eigenvalue weighted by Crippen LogP contribution is 2.20. The van der Waals surface area contributed by atoms with Crippen LogP contribution in [0.1, 0.15) is 5.76 Å². The SMILES string of the molecule is O=C1C=C(Nc2ccc(OCc3ccco3)cc2)C(=O)N1CCO. The van der Waals surface area contributed by atoms with Gasteiger partial charge in [0.1, 0.15) is 23.8 Å². The Bertz CT molecular complexity index is 750. The van der Waals surface area contributed by atoms with Crippen LogP contribution >= 0.6 is 0 Å². The zero-order chi connectivity index (χ0) is 16.9. The van der Waals surface area contributed by atoms with Crippen LogP contribution < -0.4 is 10.1 Å². The molecule has 0 atom stereocenters. The van der Waals surface area contributed by atoms with Crippen LogP contribution in [0.5, 0.6) is 5.75 Å². The third kappa shape index (κ3) is 3.47. The highest BCUT2D eigenvalue weighted by molar-refractivity contribution is 6.17. The van der Waals surface area contributed by atoms with E-state index in [9.17, 15) is 9.59 Å². The van der Waals surface area contributed by atoms with Crippen LogP contribution in [-0.4, -0.2) is 35.0 Å². The summed E-state index contributed by atoms with van der Waals surface area (Å²) in [5.74, 6) is 0.491. The van der Waals surface area contributed by atoms with E-state index in [1.165, 1.54) is 6.08 Å². The number of carbonyl (C=O) groups is 2. The van der Waals surface area contributed by atoms with E-state index in [4.69, 9.17) is 14.3 Å². The molecule has 0 aliphatic carbocycles. The first-order valence-electron chi connectivity index (χ1n) is 7.38. The number of aliphatic hydroxyl groups is 1. The number of amides is 2. The second-order valence-corrected chi connectivity index (χ2v) is 5.09. The monoisotopic (exact) mass is 328 g/mol. The van der Waals surface area contributed by atoms with Crippen molar-refractivity contribution in [2.75, 3.05) is 18.5 Å². The fourth-order valence-corrected chi connectivity index (χ4v) is 2.25. The Balaban J connectivity index is 1.59. The first-order valence-corrected chi connectivity index (χ1v) is 7.38. The number of nitrogens with one attached hydrogen (secondary N) is 1. The van der Waals surface area contributed by atoms with Crippen molar-refractivity contribution in [2.24, 2.45) is 0 Å². The van der Waals surface area contributed by atoms with Crippen LogP contribution in [-0.2, 0) is 16.2 Å². The van der Waals surface area contributed by atoms with Crippen LogP contribution in [0.15, 0.2) is 58.9 Å².